The van der Waals surface area contributed by atoms with Crippen LogP contribution < -0.4 is 5.73 Å². The molecule has 0 aliphatic carbocycles. The van der Waals surface area contributed by atoms with Crippen LogP contribution in [0.3, 0.4) is 0 Å². The maximum absolute atomic E-state index is 9.69. The molecule has 0 spiro atoms. The predicted octanol–water partition coefficient (Wildman–Crippen LogP) is -0.293. The molecule has 0 aliphatic rings. The third-order valence-electron chi connectivity index (χ3n) is 2.10. The number of hydrogen-bond donors (Lipinski definition) is 4. The second kappa shape index (κ2) is 5.18. The van der Waals surface area contributed by atoms with Crippen molar-refractivity contribution in [2.75, 3.05) is 6.61 Å². The van der Waals surface area contributed by atoms with Crippen LogP contribution in [0.1, 0.15) is 17.2 Å². The van der Waals surface area contributed by atoms with Crippen LogP contribution in [0.5, 0.6) is 0 Å². The van der Waals surface area contributed by atoms with Gasteiger partial charge in [0.25, 0.3) is 0 Å². The van der Waals surface area contributed by atoms with Gasteiger partial charge in [0, 0.05) is 5.56 Å². The molecule has 1 rings (SSSR count). The van der Waals surface area contributed by atoms with Gasteiger partial charge in [-0.25, -0.2) is 0 Å². The third kappa shape index (κ3) is 2.73. The maximum Gasteiger partial charge on any atom is 0.108 e. The molecular formula is C10H13NO3S. The second-order valence-electron chi connectivity index (χ2n) is 3.15. The van der Waals surface area contributed by atoms with E-state index in [-0.39, 0.29) is 4.99 Å². The second-order valence-corrected chi connectivity index (χ2v) is 3.59. The number of aliphatic hydroxyl groups is 3. The summed E-state index contributed by atoms with van der Waals surface area (Å²) in [4.78, 5) is 0.148. The molecule has 1 aromatic carbocycles. The Kier molecular flexibility index (Phi) is 4.16. The number of hydrogen-bond acceptors (Lipinski definition) is 4. The normalized spacial score (nSPS) is 14.6. The highest BCUT2D eigenvalue weighted by atomic mass is 32.1. The van der Waals surface area contributed by atoms with Gasteiger partial charge in [0.15, 0.2) is 0 Å². The van der Waals surface area contributed by atoms with Gasteiger partial charge < -0.3 is 21.1 Å². The van der Waals surface area contributed by atoms with Crippen LogP contribution in [0.2, 0.25) is 0 Å². The Labute approximate surface area is 93.0 Å². The first kappa shape index (κ1) is 12.1. The SMILES string of the molecule is NC(=S)c1ccccc1C(O)C(O)CO. The van der Waals surface area contributed by atoms with E-state index in [4.69, 9.17) is 23.1 Å². The fraction of sp³-hybridized carbons (Fsp3) is 0.300. The van der Waals surface area contributed by atoms with Crippen LogP contribution >= 0.6 is 12.2 Å². The van der Waals surface area contributed by atoms with Crippen molar-refractivity contribution in [2.24, 2.45) is 5.73 Å². The van der Waals surface area contributed by atoms with Crippen molar-refractivity contribution < 1.29 is 15.3 Å². The summed E-state index contributed by atoms with van der Waals surface area (Å²) in [6.45, 7) is -0.521. The van der Waals surface area contributed by atoms with E-state index in [2.05, 4.69) is 0 Å². The Morgan fingerprint density at radius 2 is 1.93 bits per heavy atom. The van der Waals surface area contributed by atoms with E-state index >= 15 is 0 Å². The average Bonchev–Trinajstić information content (AvgIpc) is 2.27. The lowest BCUT2D eigenvalue weighted by Crippen LogP contribution is -2.25. The molecule has 2 atom stereocenters. The van der Waals surface area contributed by atoms with Gasteiger partial charge >= 0.3 is 0 Å². The van der Waals surface area contributed by atoms with Crippen molar-refractivity contribution in [3.05, 3.63) is 35.4 Å². The summed E-state index contributed by atoms with van der Waals surface area (Å²) in [7, 11) is 0. The van der Waals surface area contributed by atoms with Gasteiger partial charge in [-0.05, 0) is 5.56 Å². The molecule has 5 N–H and O–H groups in total. The van der Waals surface area contributed by atoms with Gasteiger partial charge in [-0.1, -0.05) is 36.5 Å². The number of benzene rings is 1. The van der Waals surface area contributed by atoms with E-state index in [1.165, 1.54) is 0 Å². The average molecular weight is 227 g/mol. The molecule has 0 heterocycles. The Morgan fingerprint density at radius 1 is 1.33 bits per heavy atom. The topological polar surface area (TPSA) is 86.7 Å². The summed E-state index contributed by atoms with van der Waals surface area (Å²) in [6.07, 6.45) is -2.42. The van der Waals surface area contributed by atoms with Gasteiger partial charge in [0.05, 0.1) is 6.61 Å². The first-order valence-corrected chi connectivity index (χ1v) is 4.84. The summed E-state index contributed by atoms with van der Waals surface area (Å²) in [5.74, 6) is 0. The van der Waals surface area contributed by atoms with Gasteiger partial charge in [-0.2, -0.15) is 0 Å². The van der Waals surface area contributed by atoms with E-state index in [1.54, 1.807) is 24.3 Å². The van der Waals surface area contributed by atoms with Crippen molar-refractivity contribution in [3.8, 4) is 0 Å². The molecule has 0 amide bonds. The van der Waals surface area contributed by atoms with E-state index in [9.17, 15) is 10.2 Å². The van der Waals surface area contributed by atoms with E-state index in [0.717, 1.165) is 0 Å². The Morgan fingerprint density at radius 3 is 2.47 bits per heavy atom. The zero-order chi connectivity index (χ0) is 11.4. The summed E-state index contributed by atoms with van der Waals surface area (Å²) >= 11 is 4.81. The van der Waals surface area contributed by atoms with Crippen LogP contribution in [-0.2, 0) is 0 Å². The van der Waals surface area contributed by atoms with Gasteiger partial charge in [0.2, 0.25) is 0 Å². The van der Waals surface area contributed by atoms with Crippen molar-refractivity contribution in [3.63, 3.8) is 0 Å². The molecule has 0 saturated heterocycles. The first-order chi connectivity index (χ1) is 7.07. The molecule has 4 nitrogen and oxygen atoms in total. The minimum Gasteiger partial charge on any atom is -0.394 e. The van der Waals surface area contributed by atoms with Crippen LogP contribution in [0.25, 0.3) is 0 Å². The molecule has 0 bridgehead atoms. The highest BCUT2D eigenvalue weighted by molar-refractivity contribution is 7.80. The largest absolute Gasteiger partial charge is 0.394 e. The van der Waals surface area contributed by atoms with Crippen LogP contribution in [-0.4, -0.2) is 33.0 Å². The standard InChI is InChI=1S/C10H13NO3S/c11-10(15)7-4-2-1-3-6(7)9(14)8(13)5-12/h1-4,8-9,12-14H,5H2,(H2,11,15). The fourth-order valence-corrected chi connectivity index (χ4v) is 1.47. The van der Waals surface area contributed by atoms with Crippen LogP contribution in [0.15, 0.2) is 24.3 Å². The Balaban J connectivity index is 3.07. The molecule has 15 heavy (non-hydrogen) atoms. The zero-order valence-electron chi connectivity index (χ0n) is 8.00. The molecule has 0 fully saturated rings. The van der Waals surface area contributed by atoms with Gasteiger partial charge in [-0.3, -0.25) is 0 Å². The summed E-state index contributed by atoms with van der Waals surface area (Å²) < 4.78 is 0. The van der Waals surface area contributed by atoms with Gasteiger partial charge in [-0.15, -0.1) is 0 Å². The fourth-order valence-electron chi connectivity index (χ4n) is 1.29. The maximum atomic E-state index is 9.69. The van der Waals surface area contributed by atoms with E-state index in [0.29, 0.717) is 11.1 Å². The van der Waals surface area contributed by atoms with Gasteiger partial charge in [0.1, 0.15) is 17.2 Å². The Bertz CT molecular complexity index is 356. The monoisotopic (exact) mass is 227 g/mol. The highest BCUT2D eigenvalue weighted by Crippen LogP contribution is 2.20. The molecule has 82 valence electrons. The quantitative estimate of drug-likeness (QED) is 0.531. The molecule has 0 aliphatic heterocycles. The summed E-state index contributed by atoms with van der Waals surface area (Å²) in [5.41, 5.74) is 6.40. The predicted molar refractivity (Wildman–Crippen MR) is 60.4 cm³/mol. The van der Waals surface area contributed by atoms with Crippen molar-refractivity contribution >= 4 is 17.2 Å². The lowest BCUT2D eigenvalue weighted by molar-refractivity contribution is -0.0153. The summed E-state index contributed by atoms with van der Waals surface area (Å²) in [6, 6.07) is 6.70. The minimum atomic E-state index is -1.24. The number of rotatable bonds is 4. The lowest BCUT2D eigenvalue weighted by atomic mass is 9.99. The Hall–Kier alpha value is -1.01. The van der Waals surface area contributed by atoms with Crippen molar-refractivity contribution in [2.45, 2.75) is 12.2 Å². The lowest BCUT2D eigenvalue weighted by Gasteiger charge is -2.18. The molecule has 0 radical (unpaired) electrons. The van der Waals surface area contributed by atoms with E-state index < -0.39 is 18.8 Å². The number of nitrogens with two attached hydrogens (primary N) is 1. The van der Waals surface area contributed by atoms with Crippen LogP contribution in [0, 0.1) is 0 Å². The number of aliphatic hydroxyl groups excluding tert-OH is 3. The van der Waals surface area contributed by atoms with Crippen LogP contribution in [0.4, 0.5) is 0 Å². The highest BCUT2D eigenvalue weighted by Gasteiger charge is 2.20. The molecule has 0 aromatic heterocycles. The number of thiocarbonyl (C=S) groups is 1. The van der Waals surface area contributed by atoms with E-state index in [1.807, 2.05) is 0 Å². The smallest absolute Gasteiger partial charge is 0.108 e. The van der Waals surface area contributed by atoms with Crippen molar-refractivity contribution in [1.29, 1.82) is 0 Å². The molecule has 1 aromatic rings. The minimum absolute atomic E-state index is 0.148. The molecule has 5 heteroatoms. The summed E-state index contributed by atoms with van der Waals surface area (Å²) in [5, 5.41) is 27.7. The molecule has 2 unspecified atom stereocenters. The van der Waals surface area contributed by atoms with Crippen molar-refractivity contribution in [1.82, 2.24) is 0 Å². The zero-order valence-corrected chi connectivity index (χ0v) is 8.81. The third-order valence-corrected chi connectivity index (χ3v) is 2.32. The molecule has 0 saturated carbocycles. The first-order valence-electron chi connectivity index (χ1n) is 4.43. The molecular weight excluding hydrogens is 214 g/mol.